The van der Waals surface area contributed by atoms with Crippen LogP contribution < -0.4 is 4.74 Å². The number of benzene rings is 3. The maximum absolute atomic E-state index is 13.3. The van der Waals surface area contributed by atoms with Crippen LogP contribution in [0.15, 0.2) is 94.9 Å². The highest BCUT2D eigenvalue weighted by Crippen LogP contribution is 2.37. The zero-order valence-corrected chi connectivity index (χ0v) is 16.2. The van der Waals surface area contributed by atoms with Gasteiger partial charge in [-0.15, -0.1) is 0 Å². The fourth-order valence-electron chi connectivity index (χ4n) is 3.29. The first-order valence-electron chi connectivity index (χ1n) is 8.96. The first-order valence-corrected chi connectivity index (χ1v) is 10.4. The van der Waals surface area contributed by atoms with E-state index < -0.39 is 10.0 Å². The molecule has 5 nitrogen and oxygen atoms in total. The molecule has 1 aliphatic rings. The van der Waals surface area contributed by atoms with Gasteiger partial charge in [0.1, 0.15) is 5.75 Å². The molecule has 0 spiro atoms. The van der Waals surface area contributed by atoms with E-state index in [4.69, 9.17) is 4.74 Å². The summed E-state index contributed by atoms with van der Waals surface area (Å²) in [6.07, 6.45) is 0.502. The number of sulfonamides is 1. The zero-order valence-electron chi connectivity index (χ0n) is 15.4. The van der Waals surface area contributed by atoms with Crippen molar-refractivity contribution in [2.75, 3.05) is 7.11 Å². The van der Waals surface area contributed by atoms with E-state index in [2.05, 4.69) is 5.10 Å². The van der Waals surface area contributed by atoms with Crippen LogP contribution >= 0.6 is 0 Å². The van der Waals surface area contributed by atoms with Crippen LogP contribution in [0.4, 0.5) is 0 Å². The van der Waals surface area contributed by atoms with Crippen molar-refractivity contribution in [3.05, 3.63) is 96.1 Å². The van der Waals surface area contributed by atoms with E-state index in [9.17, 15) is 8.42 Å². The summed E-state index contributed by atoms with van der Waals surface area (Å²) in [5.74, 6) is 0.746. The highest BCUT2D eigenvalue weighted by Gasteiger charge is 2.37. The quantitative estimate of drug-likeness (QED) is 0.653. The van der Waals surface area contributed by atoms with Gasteiger partial charge in [0.25, 0.3) is 10.0 Å². The SMILES string of the molecule is COc1ccc(C2=NN(S(=O)(=O)c3ccccc3)C(c3ccccc3)C2)cc1. The van der Waals surface area contributed by atoms with Crippen LogP contribution in [0.3, 0.4) is 0 Å². The Morgan fingerprint density at radius 3 is 2.11 bits per heavy atom. The van der Waals surface area contributed by atoms with Gasteiger partial charge in [-0.05, 0) is 47.5 Å². The number of ether oxygens (including phenoxy) is 1. The number of methoxy groups -OCH3 is 1. The minimum atomic E-state index is -3.77. The molecule has 1 heterocycles. The summed E-state index contributed by atoms with van der Waals surface area (Å²) in [4.78, 5) is 0.232. The molecule has 28 heavy (non-hydrogen) atoms. The van der Waals surface area contributed by atoms with Crippen molar-refractivity contribution in [1.82, 2.24) is 4.41 Å². The smallest absolute Gasteiger partial charge is 0.279 e. The minimum Gasteiger partial charge on any atom is -0.497 e. The average molecular weight is 392 g/mol. The Kier molecular flexibility index (Phi) is 4.88. The van der Waals surface area contributed by atoms with Crippen molar-refractivity contribution in [3.63, 3.8) is 0 Å². The normalized spacial score (nSPS) is 16.7. The van der Waals surface area contributed by atoms with Crippen LogP contribution in [0.25, 0.3) is 0 Å². The standard InChI is InChI=1S/C22H20N2O3S/c1-27-19-14-12-17(13-15-19)21-16-22(18-8-4-2-5-9-18)24(23-21)28(25,26)20-10-6-3-7-11-20/h2-15,22H,16H2,1H3. The molecule has 1 atom stereocenters. The molecule has 142 valence electrons. The Hall–Kier alpha value is -3.12. The van der Waals surface area contributed by atoms with Gasteiger partial charge in [0.05, 0.1) is 23.8 Å². The van der Waals surface area contributed by atoms with E-state index in [0.29, 0.717) is 6.42 Å². The van der Waals surface area contributed by atoms with Crippen LogP contribution in [0.5, 0.6) is 5.75 Å². The van der Waals surface area contributed by atoms with Gasteiger partial charge in [-0.1, -0.05) is 48.5 Å². The van der Waals surface area contributed by atoms with Gasteiger partial charge >= 0.3 is 0 Å². The Labute approximate surface area is 164 Å². The highest BCUT2D eigenvalue weighted by molar-refractivity contribution is 7.89. The molecule has 0 N–H and O–H groups in total. The summed E-state index contributed by atoms with van der Waals surface area (Å²) in [7, 11) is -2.16. The third-order valence-electron chi connectivity index (χ3n) is 4.77. The van der Waals surface area contributed by atoms with Gasteiger partial charge in [0.2, 0.25) is 0 Å². The van der Waals surface area contributed by atoms with Gasteiger partial charge in [-0.3, -0.25) is 0 Å². The Morgan fingerprint density at radius 1 is 0.893 bits per heavy atom. The van der Waals surface area contributed by atoms with Gasteiger partial charge < -0.3 is 4.74 Å². The highest BCUT2D eigenvalue weighted by atomic mass is 32.2. The summed E-state index contributed by atoms with van der Waals surface area (Å²) in [6, 6.07) is 25.1. The van der Waals surface area contributed by atoms with E-state index in [1.807, 2.05) is 54.6 Å². The van der Waals surface area contributed by atoms with Crippen LogP contribution in [0.1, 0.15) is 23.6 Å². The monoisotopic (exact) mass is 392 g/mol. The second-order valence-electron chi connectivity index (χ2n) is 6.50. The molecule has 3 aromatic rings. The molecule has 0 fully saturated rings. The van der Waals surface area contributed by atoms with Crippen molar-refractivity contribution < 1.29 is 13.2 Å². The molecule has 0 bridgehead atoms. The molecule has 0 aliphatic carbocycles. The van der Waals surface area contributed by atoms with Gasteiger partial charge in [-0.25, -0.2) is 0 Å². The first-order chi connectivity index (χ1) is 13.6. The Morgan fingerprint density at radius 2 is 1.50 bits per heavy atom. The maximum atomic E-state index is 13.3. The Balaban J connectivity index is 1.77. The lowest BCUT2D eigenvalue weighted by atomic mass is 9.99. The van der Waals surface area contributed by atoms with Crippen molar-refractivity contribution in [1.29, 1.82) is 0 Å². The summed E-state index contributed by atoms with van der Waals surface area (Å²) >= 11 is 0. The number of hydrazone groups is 1. The maximum Gasteiger partial charge on any atom is 0.279 e. The van der Waals surface area contributed by atoms with E-state index >= 15 is 0 Å². The van der Waals surface area contributed by atoms with E-state index in [1.54, 1.807) is 37.4 Å². The second-order valence-corrected chi connectivity index (χ2v) is 8.29. The third kappa shape index (κ3) is 3.39. The lowest BCUT2D eigenvalue weighted by molar-refractivity contribution is 0.371. The number of hydrogen-bond donors (Lipinski definition) is 0. The fourth-order valence-corrected chi connectivity index (χ4v) is 4.75. The molecule has 1 unspecified atom stereocenters. The Bertz CT molecular complexity index is 1080. The van der Waals surface area contributed by atoms with Gasteiger partial charge in [0, 0.05) is 6.42 Å². The molecule has 4 rings (SSSR count). The lowest BCUT2D eigenvalue weighted by Crippen LogP contribution is -2.27. The summed E-state index contributed by atoms with van der Waals surface area (Å²) < 4.78 is 33.0. The molecule has 0 amide bonds. The predicted octanol–water partition coefficient (Wildman–Crippen LogP) is 4.24. The topological polar surface area (TPSA) is 59.0 Å². The van der Waals surface area contributed by atoms with Crippen LogP contribution in [0, 0.1) is 0 Å². The second kappa shape index (κ2) is 7.48. The molecular weight excluding hydrogens is 372 g/mol. The third-order valence-corrected chi connectivity index (χ3v) is 6.46. The average Bonchev–Trinajstić information content (AvgIpc) is 3.21. The van der Waals surface area contributed by atoms with Crippen molar-refractivity contribution in [2.24, 2.45) is 5.10 Å². The van der Waals surface area contributed by atoms with E-state index in [1.165, 1.54) is 4.41 Å². The molecule has 1 aliphatic heterocycles. The minimum absolute atomic E-state index is 0.232. The summed E-state index contributed by atoms with van der Waals surface area (Å²) in [5.41, 5.74) is 2.53. The molecule has 0 saturated carbocycles. The predicted molar refractivity (Wildman–Crippen MR) is 109 cm³/mol. The van der Waals surface area contributed by atoms with Crippen molar-refractivity contribution >= 4 is 15.7 Å². The lowest BCUT2D eigenvalue weighted by Gasteiger charge is -2.23. The zero-order chi connectivity index (χ0) is 19.6. The van der Waals surface area contributed by atoms with Gasteiger partial charge in [-0.2, -0.15) is 17.9 Å². The first kappa shape index (κ1) is 18.3. The molecule has 0 saturated heterocycles. The largest absolute Gasteiger partial charge is 0.497 e. The van der Waals surface area contributed by atoms with E-state index in [0.717, 1.165) is 22.6 Å². The van der Waals surface area contributed by atoms with Crippen molar-refractivity contribution in [3.8, 4) is 5.75 Å². The summed E-state index contributed by atoms with van der Waals surface area (Å²) in [6.45, 7) is 0. The van der Waals surface area contributed by atoms with Gasteiger partial charge in [0.15, 0.2) is 0 Å². The van der Waals surface area contributed by atoms with Crippen molar-refractivity contribution in [2.45, 2.75) is 17.4 Å². The number of nitrogens with zero attached hydrogens (tertiary/aromatic N) is 2. The molecule has 6 heteroatoms. The number of hydrogen-bond acceptors (Lipinski definition) is 4. The molecule has 3 aromatic carbocycles. The molecular formula is C22H20N2O3S. The molecule has 0 radical (unpaired) electrons. The van der Waals surface area contributed by atoms with Crippen LogP contribution in [0.2, 0.25) is 0 Å². The number of rotatable bonds is 5. The van der Waals surface area contributed by atoms with E-state index in [-0.39, 0.29) is 10.9 Å². The summed E-state index contributed by atoms with van der Waals surface area (Å²) in [5, 5.41) is 4.54. The van der Waals surface area contributed by atoms with Crippen LogP contribution in [-0.2, 0) is 10.0 Å². The molecule has 0 aromatic heterocycles. The fraction of sp³-hybridized carbons (Fsp3) is 0.136. The van der Waals surface area contributed by atoms with Crippen LogP contribution in [-0.4, -0.2) is 25.7 Å².